The van der Waals surface area contributed by atoms with Gasteiger partial charge in [0.25, 0.3) is 0 Å². The monoisotopic (exact) mass is 602 g/mol. The lowest BCUT2D eigenvalue weighted by Gasteiger charge is -2.34. The van der Waals surface area contributed by atoms with Crippen LogP contribution < -0.4 is 20.6 Å². The normalized spacial score (nSPS) is 14.3. The second-order valence-electron chi connectivity index (χ2n) is 8.81. The number of rotatable bonds is 8. The molecule has 0 aliphatic carbocycles. The molecule has 0 saturated heterocycles. The van der Waals surface area contributed by atoms with Gasteiger partial charge in [0.1, 0.15) is 11.9 Å². The van der Waals surface area contributed by atoms with Crippen LogP contribution in [-0.2, 0) is 23.0 Å². The minimum Gasteiger partial charge on any atom is -0.296 e. The van der Waals surface area contributed by atoms with Crippen molar-refractivity contribution in [3.63, 3.8) is 0 Å². The highest BCUT2D eigenvalue weighted by molar-refractivity contribution is 9.10. The van der Waals surface area contributed by atoms with Gasteiger partial charge in [0.2, 0.25) is 5.91 Å². The first-order chi connectivity index (χ1) is 18.5. The van der Waals surface area contributed by atoms with Crippen LogP contribution in [0.4, 0.5) is 5.82 Å². The van der Waals surface area contributed by atoms with Crippen LogP contribution in [0.1, 0.15) is 17.2 Å². The summed E-state index contributed by atoms with van der Waals surface area (Å²) in [6.45, 7) is 0.473. The highest BCUT2D eigenvalue weighted by Crippen LogP contribution is 2.44. The molecule has 2 atom stereocenters. The van der Waals surface area contributed by atoms with Crippen LogP contribution in [0.15, 0.2) is 113 Å². The lowest BCUT2D eigenvalue weighted by atomic mass is 10.00. The van der Waals surface area contributed by atoms with E-state index in [1.54, 1.807) is 11.1 Å². The van der Waals surface area contributed by atoms with Gasteiger partial charge in [0, 0.05) is 32.7 Å². The van der Waals surface area contributed by atoms with E-state index in [0.717, 1.165) is 26.2 Å². The van der Waals surface area contributed by atoms with E-state index in [0.29, 0.717) is 18.8 Å². The summed E-state index contributed by atoms with van der Waals surface area (Å²) in [7, 11) is 0. The highest BCUT2D eigenvalue weighted by atomic mass is 79.9. The van der Waals surface area contributed by atoms with E-state index in [2.05, 4.69) is 36.0 Å². The van der Waals surface area contributed by atoms with E-state index < -0.39 is 18.3 Å². The number of halogens is 1. The predicted molar refractivity (Wildman–Crippen MR) is 160 cm³/mol. The van der Waals surface area contributed by atoms with Gasteiger partial charge in [-0.15, -0.1) is 0 Å². The quantitative estimate of drug-likeness (QED) is 0.120. The molecule has 0 spiro atoms. The number of hydrogen-bond acceptors (Lipinski definition) is 4. The summed E-state index contributed by atoms with van der Waals surface area (Å²) in [6, 6.07) is 29.4. The molecule has 1 aromatic heterocycles. The van der Waals surface area contributed by atoms with Gasteiger partial charge in [0.15, 0.2) is 0 Å². The molecule has 1 aliphatic rings. The van der Waals surface area contributed by atoms with Crippen molar-refractivity contribution in [3.8, 4) is 0 Å². The van der Waals surface area contributed by atoms with Gasteiger partial charge in [-0.25, -0.2) is 4.98 Å². The Morgan fingerprint density at radius 2 is 1.63 bits per heavy atom. The summed E-state index contributed by atoms with van der Waals surface area (Å²) in [5.41, 5.74) is 11.4. The van der Waals surface area contributed by atoms with Crippen molar-refractivity contribution < 1.29 is 4.79 Å². The average molecular weight is 603 g/mol. The number of azide groups is 1. The molecule has 0 fully saturated rings. The molecule has 1 amide bonds. The number of amides is 1. The Morgan fingerprint density at radius 1 is 1.00 bits per heavy atom. The standard InChI is InChI=1S/C28H24BrN6OPS/c29-22-15-13-20(14-16-22)25(26(32-34-30)28(36)35-19-17-21-8-7-18-31-27(21)35)33-37(38,23-9-3-1-4-10-23)24-11-5-2-6-12-24/h1-16,18,25-26H,17,19H2,(H,33,38). The van der Waals surface area contributed by atoms with E-state index >= 15 is 0 Å². The van der Waals surface area contributed by atoms with Crippen molar-refractivity contribution >= 4 is 56.3 Å². The van der Waals surface area contributed by atoms with E-state index in [1.807, 2.05) is 97.1 Å². The minimum absolute atomic E-state index is 0.316. The van der Waals surface area contributed by atoms with Crippen LogP contribution in [0.25, 0.3) is 10.4 Å². The van der Waals surface area contributed by atoms with Crippen LogP contribution in [0.5, 0.6) is 0 Å². The van der Waals surface area contributed by atoms with E-state index in [-0.39, 0.29) is 5.91 Å². The zero-order valence-corrected chi connectivity index (χ0v) is 23.6. The minimum atomic E-state index is -2.67. The number of benzene rings is 3. The van der Waals surface area contributed by atoms with Crippen molar-refractivity contribution in [2.24, 2.45) is 5.11 Å². The number of anilines is 1. The number of fused-ring (bicyclic) bond motifs is 1. The molecule has 10 heteroatoms. The average Bonchev–Trinajstić information content (AvgIpc) is 3.40. The Kier molecular flexibility index (Phi) is 8.03. The molecule has 1 aliphatic heterocycles. The molecule has 3 aromatic carbocycles. The Labute approximate surface area is 234 Å². The summed E-state index contributed by atoms with van der Waals surface area (Å²) in [5.74, 6) is 0.291. The summed E-state index contributed by atoms with van der Waals surface area (Å²) in [5, 5.41) is 9.66. The lowest BCUT2D eigenvalue weighted by molar-refractivity contribution is -0.120. The van der Waals surface area contributed by atoms with Gasteiger partial charge in [-0.3, -0.25) is 14.8 Å². The van der Waals surface area contributed by atoms with Gasteiger partial charge >= 0.3 is 0 Å². The molecule has 1 N–H and O–H groups in total. The molecule has 190 valence electrons. The molecule has 4 aromatic rings. The fourth-order valence-corrected chi connectivity index (χ4v) is 8.46. The summed E-state index contributed by atoms with van der Waals surface area (Å²) < 4.78 is 0.898. The molecule has 38 heavy (non-hydrogen) atoms. The van der Waals surface area contributed by atoms with Crippen molar-refractivity contribution in [2.75, 3.05) is 11.4 Å². The lowest BCUT2D eigenvalue weighted by Crippen LogP contribution is -2.45. The Morgan fingerprint density at radius 3 is 2.24 bits per heavy atom. The van der Waals surface area contributed by atoms with Crippen LogP contribution in [-0.4, -0.2) is 23.5 Å². The number of aromatic nitrogens is 1. The number of hydrogen-bond donors (Lipinski definition) is 1. The van der Waals surface area contributed by atoms with Crippen LogP contribution >= 0.6 is 22.1 Å². The number of carbonyl (C=O) groups excluding carboxylic acids is 1. The summed E-state index contributed by atoms with van der Waals surface area (Å²) in [4.78, 5) is 23.3. The number of nitrogens with zero attached hydrogens (tertiary/aromatic N) is 5. The third-order valence-electron chi connectivity index (χ3n) is 6.53. The summed E-state index contributed by atoms with van der Waals surface area (Å²) >= 11 is 9.94. The third-order valence-corrected chi connectivity index (χ3v) is 11.3. The SMILES string of the molecule is [N-]=[N+]=NC(C(=O)N1CCc2cccnc21)C(NP(=S)(c1ccccc1)c1ccccc1)c1ccc(Br)cc1. The predicted octanol–water partition coefficient (Wildman–Crippen LogP) is 5.79. The summed E-state index contributed by atoms with van der Waals surface area (Å²) in [6.07, 6.45) is -0.307. The van der Waals surface area contributed by atoms with Crippen LogP contribution in [0, 0.1) is 0 Å². The maximum Gasteiger partial charge on any atom is 0.239 e. The number of carbonyl (C=O) groups is 1. The smallest absolute Gasteiger partial charge is 0.239 e. The fraction of sp³-hybridized carbons (Fsp3) is 0.143. The first kappa shape index (κ1) is 26.3. The molecular weight excluding hydrogens is 579 g/mol. The van der Waals surface area contributed by atoms with Gasteiger partial charge in [-0.2, -0.15) is 0 Å². The second-order valence-corrected chi connectivity index (χ2v) is 13.9. The first-order valence-corrected chi connectivity index (χ1v) is 15.6. The maximum atomic E-state index is 14.1. The topological polar surface area (TPSA) is 94.0 Å². The second kappa shape index (κ2) is 11.6. The number of pyridine rings is 1. The van der Waals surface area contributed by atoms with Crippen molar-refractivity contribution in [2.45, 2.75) is 18.5 Å². The van der Waals surface area contributed by atoms with Gasteiger partial charge < -0.3 is 0 Å². The van der Waals surface area contributed by atoms with E-state index in [4.69, 9.17) is 11.8 Å². The van der Waals surface area contributed by atoms with Gasteiger partial charge in [-0.05, 0) is 41.3 Å². The fourth-order valence-electron chi connectivity index (χ4n) is 4.66. The van der Waals surface area contributed by atoms with Crippen molar-refractivity contribution in [1.82, 2.24) is 10.1 Å². The Balaban J connectivity index is 1.63. The molecule has 2 heterocycles. The van der Waals surface area contributed by atoms with Gasteiger partial charge in [0.05, 0.1) is 12.2 Å². The van der Waals surface area contributed by atoms with E-state index in [9.17, 15) is 10.3 Å². The Bertz CT molecular complexity index is 1490. The molecule has 0 radical (unpaired) electrons. The molecular formula is C28H24BrN6OPS. The molecule has 0 saturated carbocycles. The number of nitrogens with one attached hydrogen (secondary N) is 1. The molecule has 7 nitrogen and oxygen atoms in total. The van der Waals surface area contributed by atoms with Crippen LogP contribution in [0.2, 0.25) is 0 Å². The van der Waals surface area contributed by atoms with E-state index in [1.165, 1.54) is 0 Å². The van der Waals surface area contributed by atoms with Gasteiger partial charge in [-0.1, -0.05) is 112 Å². The maximum absolute atomic E-state index is 14.1. The first-order valence-electron chi connectivity index (χ1n) is 12.1. The molecule has 2 unspecified atom stereocenters. The van der Waals surface area contributed by atoms with Crippen molar-refractivity contribution in [1.29, 1.82) is 0 Å². The highest BCUT2D eigenvalue weighted by Gasteiger charge is 2.38. The van der Waals surface area contributed by atoms with Crippen LogP contribution in [0.3, 0.4) is 0 Å². The largest absolute Gasteiger partial charge is 0.296 e. The molecule has 0 bridgehead atoms. The molecule has 5 rings (SSSR count). The third kappa shape index (κ3) is 5.30. The zero-order valence-electron chi connectivity index (χ0n) is 20.3. The van der Waals surface area contributed by atoms with Crippen molar-refractivity contribution in [3.05, 3.63) is 129 Å². The Hall–Kier alpha value is -3.32. The zero-order chi connectivity index (χ0) is 26.5.